The first-order valence-electron chi connectivity index (χ1n) is 11.8. The Kier molecular flexibility index (Phi) is 6.26. The average Bonchev–Trinajstić information content (AvgIpc) is 3.30. The van der Waals surface area contributed by atoms with Gasteiger partial charge in [-0.05, 0) is 49.9 Å². The molecule has 1 amide bonds. The van der Waals surface area contributed by atoms with E-state index in [-0.39, 0.29) is 11.9 Å². The molecule has 36 heavy (non-hydrogen) atoms. The van der Waals surface area contributed by atoms with E-state index in [9.17, 15) is 4.79 Å². The number of anilines is 5. The number of carbonyl (C=O) groups excluding carboxylic acids is 1. The predicted octanol–water partition coefficient (Wildman–Crippen LogP) is 3.33. The van der Waals surface area contributed by atoms with Crippen LogP contribution in [-0.4, -0.2) is 63.6 Å². The largest absolute Gasteiger partial charge is 0.368 e. The van der Waals surface area contributed by atoms with Crippen molar-refractivity contribution in [1.29, 1.82) is 0 Å². The molecule has 1 aliphatic rings. The maximum Gasteiger partial charge on any atom is 0.247 e. The van der Waals surface area contributed by atoms with Crippen LogP contribution in [0.3, 0.4) is 0 Å². The van der Waals surface area contributed by atoms with E-state index in [1.807, 2.05) is 54.1 Å². The van der Waals surface area contributed by atoms with Crippen LogP contribution in [0.15, 0.2) is 61.3 Å². The van der Waals surface area contributed by atoms with Crippen LogP contribution in [0.4, 0.5) is 29.0 Å². The van der Waals surface area contributed by atoms with Crippen molar-refractivity contribution >= 4 is 45.8 Å². The molecule has 1 saturated heterocycles. The Hall–Kier alpha value is -4.44. The first kappa shape index (κ1) is 23.3. The highest BCUT2D eigenvalue weighted by Crippen LogP contribution is 2.34. The van der Waals surface area contributed by atoms with Gasteiger partial charge in [0.05, 0.1) is 16.9 Å². The Labute approximate surface area is 209 Å². The monoisotopic (exact) mass is 483 g/mol. The lowest BCUT2D eigenvalue weighted by Gasteiger charge is -2.35. The molecule has 1 fully saturated rings. The average molecular weight is 484 g/mol. The standard InChI is InChI=1S/C26H29N9O/c1-4-23(36)28-20-16-19(17(2)15-22(20)34-13-11-33(3)12-14-34)29-25-30-24(27)31-26(32-25)35-10-9-18-7-5-6-8-21(18)35/h4-10,15-16H,1,11-14H2,2-3H3,(H,28,36)(H3,27,29,30,31,32). The molecule has 2 aromatic heterocycles. The van der Waals surface area contributed by atoms with Crippen LogP contribution in [-0.2, 0) is 4.79 Å². The second kappa shape index (κ2) is 9.67. The molecule has 10 nitrogen and oxygen atoms in total. The quantitative estimate of drug-likeness (QED) is 0.358. The zero-order valence-corrected chi connectivity index (χ0v) is 20.4. The summed E-state index contributed by atoms with van der Waals surface area (Å²) in [6.45, 7) is 9.25. The van der Waals surface area contributed by atoms with E-state index in [0.717, 1.165) is 54.0 Å². The van der Waals surface area contributed by atoms with Crippen LogP contribution in [0, 0.1) is 6.92 Å². The van der Waals surface area contributed by atoms with Crippen LogP contribution >= 0.6 is 0 Å². The van der Waals surface area contributed by atoms with E-state index in [0.29, 0.717) is 17.6 Å². The predicted molar refractivity (Wildman–Crippen MR) is 144 cm³/mol. The molecule has 5 rings (SSSR count). The second-order valence-corrected chi connectivity index (χ2v) is 8.85. The number of aromatic nitrogens is 4. The number of benzene rings is 2. The number of nitrogens with two attached hydrogens (primary N) is 1. The van der Waals surface area contributed by atoms with E-state index < -0.39 is 0 Å². The van der Waals surface area contributed by atoms with Crippen LogP contribution in [0.25, 0.3) is 16.9 Å². The number of nitrogens with one attached hydrogen (secondary N) is 2. The van der Waals surface area contributed by atoms with E-state index in [4.69, 9.17) is 5.73 Å². The van der Waals surface area contributed by atoms with E-state index in [2.05, 4.69) is 55.1 Å². The fraction of sp³-hybridized carbons (Fsp3) is 0.231. The zero-order chi connectivity index (χ0) is 25.2. The minimum atomic E-state index is -0.272. The highest BCUT2D eigenvalue weighted by molar-refractivity contribution is 6.02. The molecule has 0 unspecified atom stereocenters. The third kappa shape index (κ3) is 4.71. The summed E-state index contributed by atoms with van der Waals surface area (Å²) in [4.78, 5) is 30.1. The summed E-state index contributed by atoms with van der Waals surface area (Å²) in [5.41, 5.74) is 10.4. The summed E-state index contributed by atoms with van der Waals surface area (Å²) in [5, 5.41) is 7.30. The third-order valence-electron chi connectivity index (χ3n) is 6.33. The Morgan fingerprint density at radius 1 is 1.06 bits per heavy atom. The van der Waals surface area contributed by atoms with E-state index in [1.54, 1.807) is 0 Å². The number of hydrogen-bond acceptors (Lipinski definition) is 8. The van der Waals surface area contributed by atoms with Gasteiger partial charge in [-0.1, -0.05) is 24.8 Å². The number of aryl methyl sites for hydroxylation is 1. The Balaban J connectivity index is 1.50. The minimum absolute atomic E-state index is 0.104. The van der Waals surface area contributed by atoms with Gasteiger partial charge in [0, 0.05) is 43.4 Å². The van der Waals surface area contributed by atoms with Gasteiger partial charge in [-0.3, -0.25) is 9.36 Å². The molecule has 0 aliphatic carbocycles. The Morgan fingerprint density at radius 2 is 1.83 bits per heavy atom. The first-order chi connectivity index (χ1) is 17.4. The summed E-state index contributed by atoms with van der Waals surface area (Å²) < 4.78 is 1.87. The molecule has 0 bridgehead atoms. The van der Waals surface area contributed by atoms with Crippen LogP contribution in [0.1, 0.15) is 5.56 Å². The molecular weight excluding hydrogens is 454 g/mol. The molecule has 4 N–H and O–H groups in total. The summed E-state index contributed by atoms with van der Waals surface area (Å²) in [7, 11) is 2.11. The van der Waals surface area contributed by atoms with Crippen molar-refractivity contribution in [2.75, 3.05) is 54.5 Å². The summed E-state index contributed by atoms with van der Waals surface area (Å²) in [5.74, 6) is 0.559. The van der Waals surface area contributed by atoms with Gasteiger partial charge in [-0.2, -0.15) is 15.0 Å². The number of likely N-dealkylation sites (N-methyl/N-ethyl adjacent to an activating group) is 1. The van der Waals surface area contributed by atoms with Gasteiger partial charge in [-0.15, -0.1) is 0 Å². The number of para-hydroxylation sites is 1. The van der Waals surface area contributed by atoms with Crippen LogP contribution in [0.2, 0.25) is 0 Å². The summed E-state index contributed by atoms with van der Waals surface area (Å²) >= 11 is 0. The van der Waals surface area contributed by atoms with Gasteiger partial charge in [0.1, 0.15) is 0 Å². The van der Waals surface area contributed by atoms with Crippen molar-refractivity contribution in [1.82, 2.24) is 24.4 Å². The molecule has 10 heteroatoms. The van der Waals surface area contributed by atoms with Crippen molar-refractivity contribution in [2.24, 2.45) is 0 Å². The SMILES string of the molecule is C=CC(=O)Nc1cc(Nc2nc(N)nc(-n3ccc4ccccc43)n2)c(C)cc1N1CCN(C)CC1. The molecular formula is C26H29N9O. The van der Waals surface area contributed by atoms with Crippen molar-refractivity contribution in [3.8, 4) is 5.95 Å². The molecule has 4 aromatic rings. The number of fused-ring (bicyclic) bond motifs is 1. The van der Waals surface area contributed by atoms with Gasteiger partial charge < -0.3 is 26.2 Å². The van der Waals surface area contributed by atoms with Gasteiger partial charge in [0.25, 0.3) is 0 Å². The molecule has 184 valence electrons. The fourth-order valence-corrected chi connectivity index (χ4v) is 4.34. The lowest BCUT2D eigenvalue weighted by molar-refractivity contribution is -0.111. The Bertz CT molecular complexity index is 1440. The van der Waals surface area contributed by atoms with Crippen molar-refractivity contribution in [3.63, 3.8) is 0 Å². The molecule has 1 aliphatic heterocycles. The Morgan fingerprint density at radius 3 is 2.61 bits per heavy atom. The highest BCUT2D eigenvalue weighted by atomic mass is 16.1. The van der Waals surface area contributed by atoms with Gasteiger partial charge in [0.15, 0.2) is 0 Å². The van der Waals surface area contributed by atoms with Gasteiger partial charge in [-0.25, -0.2) is 0 Å². The maximum absolute atomic E-state index is 12.2. The lowest BCUT2D eigenvalue weighted by atomic mass is 10.1. The third-order valence-corrected chi connectivity index (χ3v) is 6.33. The normalized spacial score (nSPS) is 14.1. The topological polar surface area (TPSA) is 117 Å². The number of nitrogens with zero attached hydrogens (tertiary/aromatic N) is 6. The molecule has 0 spiro atoms. The van der Waals surface area contributed by atoms with Crippen molar-refractivity contribution in [3.05, 3.63) is 66.9 Å². The number of amides is 1. The zero-order valence-electron chi connectivity index (χ0n) is 20.4. The lowest BCUT2D eigenvalue weighted by Crippen LogP contribution is -2.44. The molecule has 2 aromatic carbocycles. The van der Waals surface area contributed by atoms with Crippen molar-refractivity contribution < 1.29 is 4.79 Å². The number of carbonyl (C=O) groups is 1. The van der Waals surface area contributed by atoms with Gasteiger partial charge >= 0.3 is 0 Å². The summed E-state index contributed by atoms with van der Waals surface area (Å²) in [6, 6.07) is 13.9. The number of hydrogen-bond donors (Lipinski definition) is 3. The van der Waals surface area contributed by atoms with Gasteiger partial charge in [0.2, 0.25) is 23.8 Å². The van der Waals surface area contributed by atoms with Crippen LogP contribution < -0.4 is 21.3 Å². The summed E-state index contributed by atoms with van der Waals surface area (Å²) in [6.07, 6.45) is 3.17. The molecule has 0 atom stereocenters. The maximum atomic E-state index is 12.2. The molecule has 3 heterocycles. The smallest absolute Gasteiger partial charge is 0.247 e. The number of piperazine rings is 1. The number of nitrogen functional groups attached to an aromatic ring is 1. The van der Waals surface area contributed by atoms with E-state index in [1.165, 1.54) is 6.08 Å². The van der Waals surface area contributed by atoms with E-state index >= 15 is 0 Å². The fourth-order valence-electron chi connectivity index (χ4n) is 4.34. The highest BCUT2D eigenvalue weighted by Gasteiger charge is 2.20. The molecule has 0 radical (unpaired) electrons. The second-order valence-electron chi connectivity index (χ2n) is 8.85. The first-order valence-corrected chi connectivity index (χ1v) is 11.8. The molecule has 0 saturated carbocycles. The van der Waals surface area contributed by atoms with Crippen LogP contribution in [0.5, 0.6) is 0 Å². The minimum Gasteiger partial charge on any atom is -0.368 e. The number of rotatable bonds is 6. The van der Waals surface area contributed by atoms with Crippen molar-refractivity contribution in [2.45, 2.75) is 6.92 Å².